The van der Waals surface area contributed by atoms with Crippen LogP contribution in [0.4, 0.5) is 0 Å². The molecule has 19 heavy (non-hydrogen) atoms. The van der Waals surface area contributed by atoms with Crippen molar-refractivity contribution in [3.8, 4) is 0 Å². The number of hydrogen-bond donors (Lipinski definition) is 1. The summed E-state index contributed by atoms with van der Waals surface area (Å²) >= 11 is 5.33. The summed E-state index contributed by atoms with van der Waals surface area (Å²) in [6, 6.07) is 8.07. The van der Waals surface area contributed by atoms with Gasteiger partial charge in [0.25, 0.3) is 0 Å². The van der Waals surface area contributed by atoms with Crippen LogP contribution in [0.25, 0.3) is 0 Å². The molecule has 104 valence electrons. The minimum atomic E-state index is 0.0484. The van der Waals surface area contributed by atoms with E-state index in [1.54, 1.807) is 0 Å². The number of benzene rings is 1. The number of amides is 1. The van der Waals surface area contributed by atoms with Gasteiger partial charge in [-0.3, -0.25) is 4.79 Å². The summed E-state index contributed by atoms with van der Waals surface area (Å²) in [7, 11) is 0. The van der Waals surface area contributed by atoms with Gasteiger partial charge in [0.15, 0.2) is 0 Å². The Balaban J connectivity index is 1.79. The molecule has 2 rings (SSSR count). The largest absolute Gasteiger partial charge is 0.349 e. The van der Waals surface area contributed by atoms with Crippen molar-refractivity contribution in [1.29, 1.82) is 0 Å². The van der Waals surface area contributed by atoms with Gasteiger partial charge in [-0.1, -0.05) is 47.0 Å². The second-order valence-corrected chi connectivity index (χ2v) is 7.17. The average Bonchev–Trinajstić information content (AvgIpc) is 2.90. The van der Waals surface area contributed by atoms with E-state index >= 15 is 0 Å². The fourth-order valence-corrected chi connectivity index (χ4v) is 4.20. The maximum absolute atomic E-state index is 11.9. The van der Waals surface area contributed by atoms with Gasteiger partial charge in [0, 0.05) is 9.72 Å². The van der Waals surface area contributed by atoms with Crippen LogP contribution in [0.5, 0.6) is 0 Å². The second kappa shape index (κ2) is 7.34. The summed E-state index contributed by atoms with van der Waals surface area (Å²) in [6.07, 6.45) is 5.20. The van der Waals surface area contributed by atoms with Crippen molar-refractivity contribution in [2.45, 2.75) is 43.9 Å². The molecule has 0 heterocycles. The smallest absolute Gasteiger partial charge is 0.230 e. The number of carbonyl (C=O) groups excluding carboxylic acids is 1. The van der Waals surface area contributed by atoms with Crippen molar-refractivity contribution < 1.29 is 4.79 Å². The van der Waals surface area contributed by atoms with Crippen LogP contribution in [0, 0.1) is 0 Å². The van der Waals surface area contributed by atoms with E-state index in [0.717, 1.165) is 10.0 Å². The number of carbonyl (C=O) groups is 1. The van der Waals surface area contributed by atoms with Gasteiger partial charge < -0.3 is 5.32 Å². The van der Waals surface area contributed by atoms with E-state index in [-0.39, 0.29) is 11.9 Å². The highest BCUT2D eigenvalue weighted by Crippen LogP contribution is 2.29. The van der Waals surface area contributed by atoms with E-state index < -0.39 is 0 Å². The topological polar surface area (TPSA) is 29.1 Å². The molecule has 1 aromatic rings. The van der Waals surface area contributed by atoms with Crippen LogP contribution in [-0.4, -0.2) is 16.9 Å². The fourth-order valence-electron chi connectivity index (χ4n) is 2.44. The Morgan fingerprint density at radius 1 is 1.42 bits per heavy atom. The Bertz CT molecular complexity index is 432. The van der Waals surface area contributed by atoms with Crippen molar-refractivity contribution in [2.75, 3.05) is 5.75 Å². The van der Waals surface area contributed by atoms with E-state index in [0.29, 0.717) is 11.0 Å². The van der Waals surface area contributed by atoms with E-state index in [4.69, 9.17) is 0 Å². The van der Waals surface area contributed by atoms with Crippen LogP contribution in [0.2, 0.25) is 0 Å². The molecule has 1 aliphatic rings. The molecule has 1 fully saturated rings. The highest BCUT2D eigenvalue weighted by atomic mass is 79.9. The van der Waals surface area contributed by atoms with Gasteiger partial charge >= 0.3 is 0 Å². The quantitative estimate of drug-likeness (QED) is 0.864. The summed E-state index contributed by atoms with van der Waals surface area (Å²) in [5, 5.41) is 3.77. The third-order valence-electron chi connectivity index (χ3n) is 3.50. The summed E-state index contributed by atoms with van der Waals surface area (Å²) in [6.45, 7) is 2.03. The number of thioether (sulfide) groups is 1. The van der Waals surface area contributed by atoms with Gasteiger partial charge in [-0.2, -0.15) is 0 Å². The first kappa shape index (κ1) is 14.9. The summed E-state index contributed by atoms with van der Waals surface area (Å²) in [5.74, 6) is 0.722. The monoisotopic (exact) mass is 341 g/mol. The standard InChI is InChI=1S/C15H20BrNOS/c1-11(13-8-4-5-9-14(13)16)17-15(18)10-19-12-6-2-3-7-12/h4-5,8-9,11-12H,2-3,6-7,10H2,1H3,(H,17,18)/t11-/m0/s1. The molecular weight excluding hydrogens is 322 g/mol. The molecule has 0 saturated heterocycles. The summed E-state index contributed by atoms with van der Waals surface area (Å²) < 4.78 is 1.05. The molecule has 1 atom stereocenters. The van der Waals surface area contributed by atoms with Gasteiger partial charge in [0.1, 0.15) is 0 Å². The van der Waals surface area contributed by atoms with Crippen molar-refractivity contribution in [1.82, 2.24) is 5.32 Å². The van der Waals surface area contributed by atoms with Crippen LogP contribution < -0.4 is 5.32 Å². The molecule has 0 bridgehead atoms. The van der Waals surface area contributed by atoms with Crippen molar-refractivity contribution in [3.05, 3.63) is 34.3 Å². The molecule has 0 spiro atoms. The number of hydrogen-bond acceptors (Lipinski definition) is 2. The molecule has 0 aliphatic heterocycles. The molecule has 2 nitrogen and oxygen atoms in total. The highest BCUT2D eigenvalue weighted by molar-refractivity contribution is 9.10. The molecule has 1 aliphatic carbocycles. The van der Waals surface area contributed by atoms with Gasteiger partial charge in [-0.05, 0) is 31.4 Å². The molecule has 4 heteroatoms. The molecular formula is C15H20BrNOS. The Hall–Kier alpha value is -0.480. The lowest BCUT2D eigenvalue weighted by Crippen LogP contribution is -2.28. The predicted molar refractivity (Wildman–Crippen MR) is 85.4 cm³/mol. The van der Waals surface area contributed by atoms with Gasteiger partial charge in [-0.25, -0.2) is 0 Å². The van der Waals surface area contributed by atoms with Crippen LogP contribution >= 0.6 is 27.7 Å². The first-order valence-corrected chi connectivity index (χ1v) is 8.66. The van der Waals surface area contributed by atoms with E-state index in [2.05, 4.69) is 21.2 Å². The maximum Gasteiger partial charge on any atom is 0.230 e. The average molecular weight is 342 g/mol. The van der Waals surface area contributed by atoms with E-state index in [1.165, 1.54) is 25.7 Å². The van der Waals surface area contributed by atoms with Crippen LogP contribution in [0.15, 0.2) is 28.7 Å². The zero-order chi connectivity index (χ0) is 13.7. The van der Waals surface area contributed by atoms with E-state index in [1.807, 2.05) is 43.0 Å². The van der Waals surface area contributed by atoms with Crippen molar-refractivity contribution in [3.63, 3.8) is 0 Å². The lowest BCUT2D eigenvalue weighted by molar-refractivity contribution is -0.119. The number of nitrogens with one attached hydrogen (secondary N) is 1. The Morgan fingerprint density at radius 3 is 2.79 bits per heavy atom. The lowest BCUT2D eigenvalue weighted by atomic mass is 10.1. The van der Waals surface area contributed by atoms with Crippen LogP contribution in [-0.2, 0) is 4.79 Å². The second-order valence-electron chi connectivity index (χ2n) is 5.03. The SMILES string of the molecule is C[C@H](NC(=O)CSC1CCCC1)c1ccccc1Br. The van der Waals surface area contributed by atoms with Crippen molar-refractivity contribution >= 4 is 33.6 Å². The lowest BCUT2D eigenvalue weighted by Gasteiger charge is -2.16. The van der Waals surface area contributed by atoms with Crippen LogP contribution in [0.3, 0.4) is 0 Å². The zero-order valence-corrected chi connectivity index (χ0v) is 13.6. The first-order chi connectivity index (χ1) is 9.16. The Morgan fingerprint density at radius 2 is 2.11 bits per heavy atom. The number of rotatable bonds is 5. The third-order valence-corrected chi connectivity index (χ3v) is 5.60. The maximum atomic E-state index is 11.9. The molecule has 1 saturated carbocycles. The Kier molecular flexibility index (Phi) is 5.76. The molecule has 1 amide bonds. The van der Waals surface area contributed by atoms with Crippen molar-refractivity contribution in [2.24, 2.45) is 0 Å². The van der Waals surface area contributed by atoms with Gasteiger partial charge in [0.05, 0.1) is 11.8 Å². The first-order valence-electron chi connectivity index (χ1n) is 6.82. The molecule has 0 aromatic heterocycles. The van der Waals surface area contributed by atoms with Gasteiger partial charge in [-0.15, -0.1) is 11.8 Å². The third kappa shape index (κ3) is 4.53. The summed E-state index contributed by atoms with van der Waals surface area (Å²) in [5.41, 5.74) is 1.13. The molecule has 1 aromatic carbocycles. The Labute approximate surface area is 127 Å². The minimum absolute atomic E-state index is 0.0484. The molecule has 1 N–H and O–H groups in total. The highest BCUT2D eigenvalue weighted by Gasteiger charge is 2.18. The normalized spacial score (nSPS) is 17.4. The fraction of sp³-hybridized carbons (Fsp3) is 0.533. The van der Waals surface area contributed by atoms with Gasteiger partial charge in [0.2, 0.25) is 5.91 Å². The van der Waals surface area contributed by atoms with E-state index in [9.17, 15) is 4.79 Å². The predicted octanol–water partition coefficient (Wildman–Crippen LogP) is 4.30. The summed E-state index contributed by atoms with van der Waals surface area (Å²) in [4.78, 5) is 11.9. The molecule has 0 radical (unpaired) electrons. The number of halogens is 1. The van der Waals surface area contributed by atoms with Crippen LogP contribution in [0.1, 0.15) is 44.2 Å². The molecule has 0 unspecified atom stereocenters. The zero-order valence-electron chi connectivity index (χ0n) is 11.2. The minimum Gasteiger partial charge on any atom is -0.349 e.